The normalized spacial score (nSPS) is 44.9. The zero-order valence-corrected chi connectivity index (χ0v) is 22.8. The quantitative estimate of drug-likeness (QED) is 0.316. The predicted octanol–water partition coefficient (Wildman–Crippen LogP) is 0.735. The molecule has 3 fully saturated rings. The van der Waals surface area contributed by atoms with Gasteiger partial charge in [-0.2, -0.15) is 0 Å². The Bertz CT molecular complexity index is 1240. The van der Waals surface area contributed by atoms with Crippen LogP contribution >= 0.6 is 0 Å². The summed E-state index contributed by atoms with van der Waals surface area (Å²) >= 11 is 0. The van der Waals surface area contributed by atoms with E-state index in [1.54, 1.807) is 6.92 Å². The summed E-state index contributed by atoms with van der Waals surface area (Å²) in [6, 6.07) is 1.54. The maximum absolute atomic E-state index is 14.1. The van der Waals surface area contributed by atoms with E-state index in [0.29, 0.717) is 23.1 Å². The number of carbonyl (C=O) groups is 2. The Kier molecular flexibility index (Phi) is 6.57. The van der Waals surface area contributed by atoms with E-state index in [4.69, 9.17) is 9.47 Å². The second kappa shape index (κ2) is 9.09. The Morgan fingerprint density at radius 2 is 1.77 bits per heavy atom. The second-order valence-corrected chi connectivity index (χ2v) is 12.5. The van der Waals surface area contributed by atoms with E-state index < -0.39 is 65.6 Å². The van der Waals surface area contributed by atoms with Crippen LogP contribution < -0.4 is 4.74 Å². The SMILES string of the molecule is CC(=O)[C@@H]1[C@H](O)C[C@@]2(C)[C@@H]3C=Cc4c(cc(O[C@@H]5O[C@H](CO)[C@@H](O)[C@H](O)[C@H]5O)c(O)c4C)[C@]3(C)C(=O)C[C@]12C. The second-order valence-electron chi connectivity index (χ2n) is 12.5. The van der Waals surface area contributed by atoms with Crippen molar-refractivity contribution in [2.45, 2.75) is 89.7 Å². The van der Waals surface area contributed by atoms with Crippen molar-refractivity contribution in [3.63, 3.8) is 0 Å². The van der Waals surface area contributed by atoms with Crippen LogP contribution in [0.1, 0.15) is 57.2 Å². The number of aliphatic hydroxyl groups is 5. The van der Waals surface area contributed by atoms with Crippen LogP contribution in [0.25, 0.3) is 6.08 Å². The van der Waals surface area contributed by atoms with Gasteiger partial charge in [-0.3, -0.25) is 9.59 Å². The number of carbonyl (C=O) groups excluding carboxylic acids is 2. The molecule has 0 bridgehead atoms. The van der Waals surface area contributed by atoms with Crippen molar-refractivity contribution in [1.82, 2.24) is 0 Å². The van der Waals surface area contributed by atoms with E-state index in [2.05, 4.69) is 0 Å². The highest BCUT2D eigenvalue weighted by molar-refractivity contribution is 5.96. The van der Waals surface area contributed by atoms with E-state index in [1.807, 2.05) is 32.9 Å². The van der Waals surface area contributed by atoms with E-state index in [-0.39, 0.29) is 35.4 Å². The molecule has 10 heteroatoms. The van der Waals surface area contributed by atoms with Crippen LogP contribution in [0.4, 0.5) is 0 Å². The lowest BCUT2D eigenvalue weighted by molar-refractivity contribution is -0.277. The molecular weight excluding hydrogens is 508 g/mol. The fourth-order valence-corrected chi connectivity index (χ4v) is 8.14. The van der Waals surface area contributed by atoms with E-state index in [1.165, 1.54) is 13.0 Å². The van der Waals surface area contributed by atoms with Crippen LogP contribution in [0.15, 0.2) is 12.1 Å². The van der Waals surface area contributed by atoms with Gasteiger partial charge in [-0.15, -0.1) is 0 Å². The molecule has 39 heavy (non-hydrogen) atoms. The Morgan fingerprint density at radius 1 is 1.10 bits per heavy atom. The van der Waals surface area contributed by atoms with Gasteiger partial charge >= 0.3 is 0 Å². The molecule has 4 aliphatic rings. The number of fused-ring (bicyclic) bond motifs is 5. The highest BCUT2D eigenvalue weighted by Crippen LogP contribution is 2.70. The number of ether oxygens (including phenoxy) is 2. The first-order valence-electron chi connectivity index (χ1n) is 13.4. The van der Waals surface area contributed by atoms with Gasteiger partial charge in [0, 0.05) is 17.9 Å². The van der Waals surface area contributed by atoms with Crippen molar-refractivity contribution >= 4 is 17.6 Å². The smallest absolute Gasteiger partial charge is 0.229 e. The number of Topliss-reactive ketones (excluding diaryl/α,β-unsaturated/α-hetero) is 2. The van der Waals surface area contributed by atoms with Gasteiger partial charge in [0.2, 0.25) is 6.29 Å². The standard InChI is InChI=1S/C29H38O10/c1-12-14-6-7-19-27(3)9-16(32)21(13(2)31)28(27,4)10-20(33)29(19,5)15(14)8-17(22(12)34)38-26-25(37)24(36)23(35)18(11-30)39-26/h6-8,16,18-19,21,23-26,30,32,34-37H,9-11H2,1-5H3/t16-,18-,19+,21-,23-,24+,25-,26-,27+,28-,29+/m1/s1. The number of phenolic OH excluding ortho intramolecular Hbond substituents is 1. The molecular formula is C29H38O10. The monoisotopic (exact) mass is 546 g/mol. The van der Waals surface area contributed by atoms with Crippen LogP contribution in [0, 0.1) is 29.6 Å². The van der Waals surface area contributed by atoms with Crippen molar-refractivity contribution in [2.75, 3.05) is 6.61 Å². The van der Waals surface area contributed by atoms with Crippen LogP contribution in [-0.2, 0) is 19.7 Å². The largest absolute Gasteiger partial charge is 0.504 e. The zero-order valence-electron chi connectivity index (χ0n) is 22.8. The summed E-state index contributed by atoms with van der Waals surface area (Å²) in [7, 11) is 0. The van der Waals surface area contributed by atoms with Gasteiger partial charge in [-0.25, -0.2) is 0 Å². The molecule has 214 valence electrons. The number of phenols is 1. The molecule has 6 N–H and O–H groups in total. The summed E-state index contributed by atoms with van der Waals surface area (Å²) in [6.45, 7) is 8.29. The average molecular weight is 547 g/mol. The average Bonchev–Trinajstić information content (AvgIpc) is 3.07. The number of rotatable bonds is 4. The van der Waals surface area contributed by atoms with Gasteiger partial charge in [0.05, 0.1) is 18.1 Å². The van der Waals surface area contributed by atoms with Crippen LogP contribution in [-0.4, -0.2) is 85.6 Å². The molecule has 2 saturated carbocycles. The van der Waals surface area contributed by atoms with Gasteiger partial charge in [0.1, 0.15) is 36.0 Å². The first-order chi connectivity index (χ1) is 18.1. The van der Waals surface area contributed by atoms with Gasteiger partial charge in [-0.1, -0.05) is 26.0 Å². The highest BCUT2D eigenvalue weighted by Gasteiger charge is 2.70. The molecule has 3 aliphatic carbocycles. The lowest BCUT2D eigenvalue weighted by atomic mass is 9.43. The zero-order chi connectivity index (χ0) is 28.8. The molecule has 5 rings (SSSR count). The summed E-state index contributed by atoms with van der Waals surface area (Å²) in [4.78, 5) is 26.7. The Labute approximate surface area is 226 Å². The molecule has 0 aromatic heterocycles. The summed E-state index contributed by atoms with van der Waals surface area (Å²) in [5.41, 5.74) is -0.738. The van der Waals surface area contributed by atoms with Gasteiger partial charge in [-0.05, 0) is 61.1 Å². The van der Waals surface area contributed by atoms with Crippen LogP contribution in [0.2, 0.25) is 0 Å². The summed E-state index contributed by atoms with van der Waals surface area (Å²) < 4.78 is 11.3. The molecule has 11 atom stereocenters. The van der Waals surface area contributed by atoms with Crippen LogP contribution in [0.5, 0.6) is 11.5 Å². The Morgan fingerprint density at radius 3 is 2.38 bits per heavy atom. The number of aromatic hydroxyl groups is 1. The minimum Gasteiger partial charge on any atom is -0.504 e. The lowest BCUT2D eigenvalue weighted by Crippen LogP contribution is -2.60. The maximum atomic E-state index is 14.1. The van der Waals surface area contributed by atoms with Gasteiger partial charge in [0.25, 0.3) is 0 Å². The first kappa shape index (κ1) is 28.2. The minimum atomic E-state index is -1.68. The Hall–Kier alpha value is -2.34. The third kappa shape index (κ3) is 3.62. The van der Waals surface area contributed by atoms with Crippen molar-refractivity contribution < 1.29 is 49.7 Å². The summed E-state index contributed by atoms with van der Waals surface area (Å²) in [5.74, 6) is -1.59. The first-order valence-corrected chi connectivity index (χ1v) is 13.4. The number of hydrogen-bond acceptors (Lipinski definition) is 10. The molecule has 0 unspecified atom stereocenters. The number of hydrogen-bond donors (Lipinski definition) is 6. The van der Waals surface area contributed by atoms with Crippen molar-refractivity contribution in [3.05, 3.63) is 28.8 Å². The minimum absolute atomic E-state index is 0.0912. The summed E-state index contributed by atoms with van der Waals surface area (Å²) in [5, 5.41) is 62.3. The molecule has 1 aromatic carbocycles. The lowest BCUT2D eigenvalue weighted by Gasteiger charge is -2.59. The molecule has 0 radical (unpaired) electrons. The molecule has 1 aliphatic heterocycles. The molecule has 0 spiro atoms. The number of allylic oxidation sites excluding steroid dienone is 1. The third-order valence-electron chi connectivity index (χ3n) is 10.5. The summed E-state index contributed by atoms with van der Waals surface area (Å²) in [6.07, 6.45) is -4.23. The van der Waals surface area contributed by atoms with Gasteiger partial charge < -0.3 is 40.1 Å². The molecule has 1 saturated heterocycles. The molecule has 10 nitrogen and oxygen atoms in total. The fraction of sp³-hybridized carbons (Fsp3) is 0.655. The number of benzene rings is 1. The van der Waals surface area contributed by atoms with Crippen molar-refractivity contribution in [2.24, 2.45) is 22.7 Å². The number of ketones is 2. The van der Waals surface area contributed by atoms with Crippen molar-refractivity contribution in [3.8, 4) is 11.5 Å². The van der Waals surface area contributed by atoms with E-state index in [0.717, 1.165) is 0 Å². The fourth-order valence-electron chi connectivity index (χ4n) is 8.14. The van der Waals surface area contributed by atoms with Crippen LogP contribution in [0.3, 0.4) is 0 Å². The predicted molar refractivity (Wildman–Crippen MR) is 138 cm³/mol. The van der Waals surface area contributed by atoms with Gasteiger partial charge in [0.15, 0.2) is 11.5 Å². The topological polar surface area (TPSA) is 174 Å². The molecule has 0 amide bonds. The van der Waals surface area contributed by atoms with E-state index in [9.17, 15) is 40.2 Å². The Balaban J connectivity index is 1.59. The molecule has 1 aromatic rings. The maximum Gasteiger partial charge on any atom is 0.229 e. The molecule has 1 heterocycles. The highest BCUT2D eigenvalue weighted by atomic mass is 16.7. The van der Waals surface area contributed by atoms with E-state index >= 15 is 0 Å². The number of aliphatic hydroxyl groups excluding tert-OH is 5. The van der Waals surface area contributed by atoms with Crippen molar-refractivity contribution in [1.29, 1.82) is 0 Å². The third-order valence-corrected chi connectivity index (χ3v) is 10.5.